The average Bonchev–Trinajstić information content (AvgIpc) is 2.18. The minimum atomic E-state index is -1.13. The number of halogens is 6. The van der Waals surface area contributed by atoms with Crippen molar-refractivity contribution in [2.45, 2.75) is 47.2 Å². The molecule has 0 aromatic heterocycles. The van der Waals surface area contributed by atoms with Crippen molar-refractivity contribution in [1.29, 1.82) is 0 Å². The van der Waals surface area contributed by atoms with Crippen molar-refractivity contribution in [1.82, 2.24) is 0 Å². The Labute approximate surface area is 128 Å². The third-order valence-corrected chi connectivity index (χ3v) is 5.25. The first kappa shape index (κ1) is 17.7. The van der Waals surface area contributed by atoms with E-state index >= 15 is 0 Å². The van der Waals surface area contributed by atoms with Crippen molar-refractivity contribution in [3.8, 4) is 0 Å². The van der Waals surface area contributed by atoms with Crippen LogP contribution in [0.4, 0.5) is 0 Å². The summed E-state index contributed by atoms with van der Waals surface area (Å²) in [4.78, 5) is 0. The maximum Gasteiger partial charge on any atom is 0.151 e. The van der Waals surface area contributed by atoms with Crippen LogP contribution in [-0.2, 0) is 0 Å². The number of alkyl halides is 6. The second-order valence-corrected chi connectivity index (χ2v) is 7.42. The Kier molecular flexibility index (Phi) is 9.73. The van der Waals surface area contributed by atoms with Crippen LogP contribution in [0.15, 0.2) is 0 Å². The molecule has 0 aromatic rings. The van der Waals surface area contributed by atoms with Gasteiger partial charge in [0.05, 0.1) is 0 Å². The van der Waals surface area contributed by atoms with Crippen LogP contribution >= 0.6 is 69.6 Å². The van der Waals surface area contributed by atoms with Gasteiger partial charge in [-0.2, -0.15) is 0 Å². The maximum atomic E-state index is 6.17. The van der Waals surface area contributed by atoms with Gasteiger partial charge in [-0.25, -0.2) is 0 Å². The lowest BCUT2D eigenvalue weighted by Gasteiger charge is -2.33. The molecule has 0 N–H and O–H groups in total. The van der Waals surface area contributed by atoms with Gasteiger partial charge in [0.25, 0.3) is 0 Å². The monoisotopic (exact) mass is 356 g/mol. The van der Waals surface area contributed by atoms with Crippen molar-refractivity contribution in [2.75, 3.05) is 11.8 Å². The second-order valence-electron chi connectivity index (χ2n) is 3.70. The van der Waals surface area contributed by atoms with E-state index in [9.17, 15) is 0 Å². The fourth-order valence-electron chi connectivity index (χ4n) is 1.25. The zero-order valence-corrected chi connectivity index (χ0v) is 13.5. The highest BCUT2D eigenvalue weighted by Gasteiger charge is 2.45. The summed E-state index contributed by atoms with van der Waals surface area (Å²) in [6.07, 6.45) is 4.41. The van der Waals surface area contributed by atoms with Crippen LogP contribution < -0.4 is 0 Å². The van der Waals surface area contributed by atoms with Crippen LogP contribution in [0.2, 0.25) is 0 Å². The average molecular weight is 359 g/mol. The summed E-state index contributed by atoms with van der Waals surface area (Å²) < 4.78 is -2.26. The highest BCUT2D eigenvalue weighted by molar-refractivity contribution is 6.62. The van der Waals surface area contributed by atoms with Crippen LogP contribution in [-0.4, -0.2) is 20.4 Å². The van der Waals surface area contributed by atoms with Gasteiger partial charge < -0.3 is 0 Å². The molecule has 6 heteroatoms. The first-order valence-corrected chi connectivity index (χ1v) is 7.83. The van der Waals surface area contributed by atoms with Crippen LogP contribution in [0.25, 0.3) is 0 Å². The van der Waals surface area contributed by atoms with Gasteiger partial charge in [0.15, 0.2) is 8.67 Å². The smallest absolute Gasteiger partial charge is 0.127 e. The summed E-state index contributed by atoms with van der Waals surface area (Å²) in [5.74, 6) is 1.18. The Morgan fingerprint density at radius 3 is 1.12 bits per heavy atom. The number of hydrogen-bond donors (Lipinski definition) is 0. The Hall–Kier alpha value is 1.74. The van der Waals surface area contributed by atoms with Crippen molar-refractivity contribution in [3.05, 3.63) is 0 Å². The first-order valence-electron chi connectivity index (χ1n) is 5.25. The standard InChI is InChI=1S/C10H16Cl6/c11-7-3-1-5-9(13,14)10(15,16)6-2-4-8-12/h1-8H2/i1+1,2+1,3+1,4+1,5+1,6+1,7+1,8+1,9+1,10+1. The van der Waals surface area contributed by atoms with Gasteiger partial charge >= 0.3 is 0 Å². The molecule has 0 heterocycles. The molecule has 0 saturated carbocycles. The molecule has 98 valence electrons. The molecule has 0 fully saturated rings. The van der Waals surface area contributed by atoms with E-state index in [1.807, 2.05) is 0 Å². The number of rotatable bonds is 9. The van der Waals surface area contributed by atoms with Gasteiger partial charge in [-0.3, -0.25) is 0 Å². The van der Waals surface area contributed by atoms with E-state index in [2.05, 4.69) is 0 Å². The molecule has 0 aliphatic carbocycles. The fraction of sp³-hybridized carbons (Fsp3) is 1.00. The summed E-state index contributed by atoms with van der Waals surface area (Å²) >= 11 is 35.8. The van der Waals surface area contributed by atoms with Crippen molar-refractivity contribution in [2.24, 2.45) is 0 Å². The van der Waals surface area contributed by atoms with Gasteiger partial charge in [-0.05, 0) is 38.5 Å². The van der Waals surface area contributed by atoms with Crippen LogP contribution in [0, 0.1) is 0 Å². The van der Waals surface area contributed by atoms with Crippen LogP contribution in [0.5, 0.6) is 0 Å². The van der Waals surface area contributed by atoms with Crippen molar-refractivity contribution >= 4 is 69.6 Å². The highest BCUT2D eigenvalue weighted by atomic mass is 35.5. The largest absolute Gasteiger partial charge is 0.151 e. The molecular formula is C10H16Cl6. The molecule has 0 rings (SSSR count). The first-order chi connectivity index (χ1) is 7.37. The van der Waals surface area contributed by atoms with E-state index in [1.54, 1.807) is 0 Å². The molecule has 0 nitrogen and oxygen atoms in total. The molecule has 0 aromatic carbocycles. The third kappa shape index (κ3) is 6.61. The topological polar surface area (TPSA) is 0 Å². The Bertz CT molecular complexity index is 160. The molecule has 0 saturated heterocycles. The second kappa shape index (κ2) is 8.77. The quantitative estimate of drug-likeness (QED) is 0.263. The summed E-state index contributed by atoms with van der Waals surface area (Å²) in [6.45, 7) is 0. The minimum absolute atomic E-state index is 0.538. The lowest BCUT2D eigenvalue weighted by atomic mass is 11.1. The van der Waals surface area contributed by atoms with E-state index < -0.39 is 8.67 Å². The Morgan fingerprint density at radius 2 is 0.875 bits per heavy atom. The number of unbranched alkanes of at least 4 members (excludes halogenated alkanes) is 2. The molecule has 0 radical (unpaired) electrons. The molecule has 0 bridgehead atoms. The van der Waals surface area contributed by atoms with E-state index in [4.69, 9.17) is 69.6 Å². The van der Waals surface area contributed by atoms with Gasteiger partial charge in [0.2, 0.25) is 0 Å². The van der Waals surface area contributed by atoms with Gasteiger partial charge in [-0.1, -0.05) is 46.4 Å². The zero-order chi connectivity index (χ0) is 12.7. The van der Waals surface area contributed by atoms with E-state index in [0.717, 1.165) is 25.7 Å². The zero-order valence-electron chi connectivity index (χ0n) is 8.92. The van der Waals surface area contributed by atoms with Gasteiger partial charge in [-0.15, -0.1) is 23.2 Å². The minimum Gasteiger partial charge on any atom is -0.127 e. The Balaban J connectivity index is 4.11. The molecule has 0 spiro atoms. The lowest BCUT2D eigenvalue weighted by Crippen LogP contribution is -2.36. The number of hydrogen-bond acceptors (Lipinski definition) is 0. The molecule has 0 atom stereocenters. The molecule has 0 aliphatic rings. The molecule has 0 unspecified atom stereocenters. The normalized spacial score (nSPS) is 13.1. The predicted octanol–water partition coefficient (Wildman–Crippen LogP) is 6.15. The maximum absolute atomic E-state index is 6.17. The summed E-state index contributed by atoms with van der Waals surface area (Å²) in [6, 6.07) is 0. The third-order valence-electron chi connectivity index (χ3n) is 2.28. The van der Waals surface area contributed by atoms with Crippen LogP contribution in [0.1, 0.15) is 38.5 Å². The van der Waals surface area contributed by atoms with E-state index in [1.165, 1.54) is 0 Å². The summed E-state index contributed by atoms with van der Waals surface area (Å²) in [5.41, 5.74) is 0. The predicted molar refractivity (Wildman–Crippen MR) is 78.0 cm³/mol. The highest BCUT2D eigenvalue weighted by Crippen LogP contribution is 2.48. The van der Waals surface area contributed by atoms with Gasteiger partial charge in [0.1, 0.15) is 0 Å². The summed E-state index contributed by atoms with van der Waals surface area (Å²) in [5, 5.41) is 0. The molecule has 0 amide bonds. The van der Waals surface area contributed by atoms with E-state index in [-0.39, 0.29) is 0 Å². The Morgan fingerprint density at radius 1 is 0.562 bits per heavy atom. The van der Waals surface area contributed by atoms with Gasteiger partial charge in [0, 0.05) is 11.8 Å². The lowest BCUT2D eigenvalue weighted by molar-refractivity contribution is 0.529. The van der Waals surface area contributed by atoms with E-state index in [0.29, 0.717) is 24.6 Å². The van der Waals surface area contributed by atoms with Crippen LogP contribution in [0.3, 0.4) is 0 Å². The SMILES string of the molecule is Cl[13CH2][13CH2][13CH2][13CH2][13C](Cl)(Cl)[13C](Cl)(Cl)[13CH2][13CH2][13CH2][13CH2]Cl. The van der Waals surface area contributed by atoms with Crippen molar-refractivity contribution in [3.63, 3.8) is 0 Å². The summed E-state index contributed by atoms with van der Waals surface area (Å²) in [7, 11) is 0. The molecular weight excluding hydrogens is 343 g/mol. The molecule has 16 heavy (non-hydrogen) atoms. The molecule has 0 aliphatic heterocycles. The van der Waals surface area contributed by atoms with Crippen molar-refractivity contribution < 1.29 is 0 Å². The fourth-order valence-corrected chi connectivity index (χ4v) is 2.54.